The van der Waals surface area contributed by atoms with Gasteiger partial charge < -0.3 is 18.3 Å². The zero-order chi connectivity index (χ0) is 91.5. The summed E-state index contributed by atoms with van der Waals surface area (Å²) in [5, 5.41) is 20.1. The summed E-state index contributed by atoms with van der Waals surface area (Å²) >= 11 is 0. The van der Waals surface area contributed by atoms with Gasteiger partial charge in [-0.25, -0.2) is 29.9 Å². The number of nitrogens with zero attached hydrogens (tertiary/aromatic N) is 10. The summed E-state index contributed by atoms with van der Waals surface area (Å²) in [5.74, 6) is 3.74. The molecule has 26 rings (SSSR count). The van der Waals surface area contributed by atoms with Gasteiger partial charge in [0, 0.05) is 99.2 Å². The molecule has 0 aliphatic carbocycles. The Bertz CT molecular complexity index is 8730. The number of hydrogen-bond donors (Lipinski definition) is 0. The van der Waals surface area contributed by atoms with E-state index in [1.54, 1.807) is 0 Å². The second kappa shape index (κ2) is 34.9. The Morgan fingerprint density at radius 3 is 0.674 bits per heavy atom. The summed E-state index contributed by atoms with van der Waals surface area (Å²) in [5.41, 5.74) is 19.0. The molecule has 0 aliphatic rings. The van der Waals surface area contributed by atoms with Gasteiger partial charge in [0.1, 0.15) is 0 Å². The molecule has 26 aromatic rings. The molecule has 20 aromatic carbocycles. The molecule has 0 N–H and O–H groups in total. The molecule has 6 heterocycles. The number of para-hydroxylation sites is 5. The standard InChI is InChI=1S/2C63H43N5Si/c1-7-23-44(24-8-1)61-64-62(45-25-9-2-10-26-45)66-63(65-61)46-39-48(41-52(40-46)69(49-29-13-4-14-30-49,50-31-15-5-16-32-50)51-33-17-6-18-34-51)68-58-38-22-20-36-54(58)56-42-55-53-35-19-21-37-57(53)67(59(55)43-60(56)68)47-27-11-3-12-28-47;1-6-22-44(23-7-1)61-64-62(45-24-8-2-9-25-45)66-63(65-61)46-26-20-27-47(40-46)67-57-38-18-16-36-53(57)55-42-56-54-37-17-19-39-58(54)68(60(56)43-59(55)67)48-28-21-35-52(41-48)69(49-29-10-3-11-30-49,50-31-12-4-13-32-50)51-33-14-5-15-34-51/h2*1-43H. The van der Waals surface area contributed by atoms with Crippen LogP contribution in [0.1, 0.15) is 0 Å². The van der Waals surface area contributed by atoms with E-state index in [0.29, 0.717) is 34.9 Å². The molecule has 0 fully saturated rings. The van der Waals surface area contributed by atoms with Gasteiger partial charge in [0.05, 0.1) is 44.1 Å². The van der Waals surface area contributed by atoms with Gasteiger partial charge in [0.15, 0.2) is 51.1 Å². The smallest absolute Gasteiger partial charge is 0.179 e. The molecule has 0 aliphatic heterocycles. The second-order valence-electron chi connectivity index (χ2n) is 35.2. The Kier molecular flexibility index (Phi) is 20.7. The number of benzene rings is 20. The largest absolute Gasteiger partial charge is 0.309 e. The maximum absolute atomic E-state index is 5.38. The van der Waals surface area contributed by atoms with Crippen molar-refractivity contribution >= 4 is 145 Å². The number of rotatable bonds is 18. The fourth-order valence-electron chi connectivity index (χ4n) is 21.3. The van der Waals surface area contributed by atoms with E-state index in [0.717, 1.165) is 89.2 Å². The van der Waals surface area contributed by atoms with Crippen LogP contribution in [0.4, 0.5) is 0 Å². The molecule has 648 valence electrons. The van der Waals surface area contributed by atoms with Gasteiger partial charge in [-0.15, -0.1) is 0 Å². The van der Waals surface area contributed by atoms with Crippen molar-refractivity contribution in [2.24, 2.45) is 0 Å². The minimum absolute atomic E-state index is 0.607. The van der Waals surface area contributed by atoms with Gasteiger partial charge in [0.2, 0.25) is 0 Å². The van der Waals surface area contributed by atoms with Gasteiger partial charge in [-0.3, -0.25) is 0 Å². The minimum Gasteiger partial charge on any atom is -0.309 e. The van der Waals surface area contributed by atoms with Crippen molar-refractivity contribution in [3.05, 3.63) is 522 Å². The zero-order valence-corrected chi connectivity index (χ0v) is 77.1. The van der Waals surface area contributed by atoms with Gasteiger partial charge in [-0.1, -0.05) is 425 Å². The van der Waals surface area contributed by atoms with Crippen molar-refractivity contribution in [2.45, 2.75) is 0 Å². The molecule has 0 amide bonds. The van der Waals surface area contributed by atoms with E-state index in [4.69, 9.17) is 29.9 Å². The fourth-order valence-corrected chi connectivity index (χ4v) is 30.9. The SMILES string of the molecule is c1ccc(-c2nc(-c3ccccc3)nc(-c3cc(-n4c5ccccc5c5cc6c7ccccc7n(-c7ccccc7)c6cc54)cc([Si](c4ccccc4)(c4ccccc4)c4ccccc4)c3)n2)cc1.c1ccc(-c2nc(-c3ccccc3)nc(-c3cccc(-n4c5ccccc5c5cc6c7ccccc7n(-c7cccc([Si](c8ccccc8)(c8ccccc8)c8ccccc8)c7)c6cc54)c3)n2)cc1. The molecule has 0 unspecified atom stereocenters. The molecule has 0 spiro atoms. The van der Waals surface area contributed by atoms with E-state index in [2.05, 4.69) is 443 Å². The molecule has 0 saturated heterocycles. The predicted octanol–water partition coefficient (Wildman–Crippen LogP) is 24.9. The van der Waals surface area contributed by atoms with E-state index in [9.17, 15) is 0 Å². The van der Waals surface area contributed by atoms with Crippen molar-refractivity contribution in [1.29, 1.82) is 0 Å². The lowest BCUT2D eigenvalue weighted by Crippen LogP contribution is -2.74. The molecule has 0 radical (unpaired) electrons. The Hall–Kier alpha value is -17.9. The highest BCUT2D eigenvalue weighted by atomic mass is 28.3. The Labute approximate surface area is 800 Å². The van der Waals surface area contributed by atoms with Crippen LogP contribution in [-0.4, -0.2) is 64.3 Å². The van der Waals surface area contributed by atoms with Crippen LogP contribution in [0.5, 0.6) is 0 Å². The molecule has 10 nitrogen and oxygen atoms in total. The maximum atomic E-state index is 5.38. The van der Waals surface area contributed by atoms with E-state index >= 15 is 0 Å². The number of hydrogen-bond acceptors (Lipinski definition) is 6. The monoisotopic (exact) mass is 1790 g/mol. The fraction of sp³-hybridized carbons (Fsp3) is 0. The summed E-state index contributed by atoms with van der Waals surface area (Å²) in [7, 11) is -5.91. The van der Waals surface area contributed by atoms with Crippen LogP contribution in [0.25, 0.3) is 178 Å². The van der Waals surface area contributed by atoms with Crippen molar-refractivity contribution in [1.82, 2.24) is 48.2 Å². The molecule has 0 atom stereocenters. The molecular formula is C126H86N10Si2. The molecular weight excluding hydrogens is 1710 g/mol. The Morgan fingerprint density at radius 1 is 0.123 bits per heavy atom. The first kappa shape index (κ1) is 82.0. The van der Waals surface area contributed by atoms with Crippen LogP contribution in [0.3, 0.4) is 0 Å². The number of fused-ring (bicyclic) bond motifs is 12. The van der Waals surface area contributed by atoms with Gasteiger partial charge >= 0.3 is 0 Å². The molecule has 6 aromatic heterocycles. The first-order valence-electron chi connectivity index (χ1n) is 46.9. The maximum Gasteiger partial charge on any atom is 0.179 e. The third-order valence-electron chi connectivity index (χ3n) is 27.4. The normalized spacial score (nSPS) is 11.8. The van der Waals surface area contributed by atoms with Crippen LogP contribution in [0, 0.1) is 0 Å². The van der Waals surface area contributed by atoms with Crippen LogP contribution in [-0.2, 0) is 0 Å². The highest BCUT2D eigenvalue weighted by molar-refractivity contribution is 7.20. The number of aromatic nitrogens is 10. The van der Waals surface area contributed by atoms with Crippen LogP contribution < -0.4 is 41.5 Å². The summed E-state index contributed by atoms with van der Waals surface area (Å²) in [6.07, 6.45) is 0. The Balaban J connectivity index is 0.000000146. The average molecular weight is 1800 g/mol. The Morgan fingerprint density at radius 2 is 0.341 bits per heavy atom. The van der Waals surface area contributed by atoms with E-state index in [1.807, 2.05) is 97.1 Å². The summed E-state index contributed by atoms with van der Waals surface area (Å²) < 4.78 is 9.77. The second-order valence-corrected chi connectivity index (χ2v) is 42.8. The van der Waals surface area contributed by atoms with Gasteiger partial charge in [0.25, 0.3) is 0 Å². The van der Waals surface area contributed by atoms with Crippen molar-refractivity contribution < 1.29 is 0 Å². The summed E-state index contributed by atoms with van der Waals surface area (Å²) in [6.45, 7) is 0. The molecule has 0 saturated carbocycles. The molecule has 138 heavy (non-hydrogen) atoms. The van der Waals surface area contributed by atoms with E-state index < -0.39 is 16.1 Å². The third kappa shape index (κ3) is 14.2. The minimum atomic E-state index is -3.11. The highest BCUT2D eigenvalue weighted by Gasteiger charge is 2.44. The van der Waals surface area contributed by atoms with E-state index in [1.165, 1.54) is 95.6 Å². The quantitative estimate of drug-likeness (QED) is 0.0627. The van der Waals surface area contributed by atoms with Crippen LogP contribution in [0.2, 0.25) is 0 Å². The predicted molar refractivity (Wildman–Crippen MR) is 577 cm³/mol. The van der Waals surface area contributed by atoms with Crippen molar-refractivity contribution in [3.8, 4) is 91.1 Å². The average Bonchev–Trinajstić information content (AvgIpc) is 1.50. The van der Waals surface area contributed by atoms with Crippen molar-refractivity contribution in [3.63, 3.8) is 0 Å². The topological polar surface area (TPSA) is 97.1 Å². The van der Waals surface area contributed by atoms with Crippen LogP contribution in [0.15, 0.2) is 522 Å². The van der Waals surface area contributed by atoms with Gasteiger partial charge in [-0.2, -0.15) is 0 Å². The first-order chi connectivity index (χ1) is 68.4. The van der Waals surface area contributed by atoms with Crippen LogP contribution >= 0.6 is 0 Å². The van der Waals surface area contributed by atoms with E-state index in [-0.39, 0.29) is 0 Å². The zero-order valence-electron chi connectivity index (χ0n) is 75.1. The lowest BCUT2D eigenvalue weighted by Gasteiger charge is -2.35. The van der Waals surface area contributed by atoms with Crippen molar-refractivity contribution in [2.75, 3.05) is 0 Å². The van der Waals surface area contributed by atoms with Gasteiger partial charge in [-0.05, 0) is 139 Å². The molecule has 0 bridgehead atoms. The summed E-state index contributed by atoms with van der Waals surface area (Å²) in [6, 6.07) is 188. The first-order valence-corrected chi connectivity index (χ1v) is 50.9. The lowest BCUT2D eigenvalue weighted by molar-refractivity contribution is 1.07. The highest BCUT2D eigenvalue weighted by Crippen LogP contribution is 2.44. The summed E-state index contributed by atoms with van der Waals surface area (Å²) in [4.78, 5) is 31.1. The third-order valence-corrected chi connectivity index (χ3v) is 36.9. The lowest BCUT2D eigenvalue weighted by atomic mass is 10.1. The molecule has 12 heteroatoms.